The van der Waals surface area contributed by atoms with Gasteiger partial charge in [-0.05, 0) is 81.1 Å². The largest absolute Gasteiger partial charge is 0.493 e. The van der Waals surface area contributed by atoms with E-state index in [1.54, 1.807) is 43.3 Å². The molecular formula is C32H33NO8. The molecule has 0 saturated carbocycles. The van der Waals surface area contributed by atoms with Crippen LogP contribution >= 0.6 is 0 Å². The summed E-state index contributed by atoms with van der Waals surface area (Å²) in [4.78, 5) is 28.8. The molecule has 0 unspecified atom stereocenters. The van der Waals surface area contributed by atoms with Crippen LogP contribution in [0.5, 0.6) is 23.0 Å². The lowest BCUT2D eigenvalue weighted by Crippen LogP contribution is -2.10. The Balaban J connectivity index is 1.32. The molecule has 4 aromatic rings. The molecule has 4 rings (SSSR count). The molecule has 0 aliphatic carbocycles. The van der Waals surface area contributed by atoms with Crippen LogP contribution in [-0.4, -0.2) is 44.4 Å². The predicted octanol–water partition coefficient (Wildman–Crippen LogP) is 6.79. The van der Waals surface area contributed by atoms with Gasteiger partial charge in [-0.3, -0.25) is 0 Å². The molecule has 9 heteroatoms. The number of ether oxygens (including phenoxy) is 5. The number of fused-ring (bicyclic) bond motifs is 1. The fraction of sp³-hybridized carbons (Fsp3) is 0.281. The first-order valence-corrected chi connectivity index (χ1v) is 13.3. The number of methoxy groups -OCH3 is 2. The van der Waals surface area contributed by atoms with Crippen LogP contribution in [0.4, 0.5) is 0 Å². The number of nitrogens with zero attached hydrogens (tertiary/aromatic N) is 1. The summed E-state index contributed by atoms with van der Waals surface area (Å²) >= 11 is 0. The normalized spacial score (nSPS) is 10.7. The van der Waals surface area contributed by atoms with Crippen LogP contribution in [0.1, 0.15) is 43.0 Å². The van der Waals surface area contributed by atoms with E-state index in [1.807, 2.05) is 24.3 Å². The predicted molar refractivity (Wildman–Crippen MR) is 154 cm³/mol. The summed E-state index contributed by atoms with van der Waals surface area (Å²) in [6.45, 7) is 5.98. The molecule has 41 heavy (non-hydrogen) atoms. The van der Waals surface area contributed by atoms with Crippen LogP contribution in [0.3, 0.4) is 0 Å². The van der Waals surface area contributed by atoms with Gasteiger partial charge in [-0.1, -0.05) is 18.7 Å². The molecule has 1 heterocycles. The Morgan fingerprint density at radius 3 is 2.17 bits per heavy atom. The lowest BCUT2D eigenvalue weighted by atomic mass is 10.1. The van der Waals surface area contributed by atoms with E-state index in [9.17, 15) is 9.59 Å². The lowest BCUT2D eigenvalue weighted by molar-refractivity contribution is -0.139. The van der Waals surface area contributed by atoms with Crippen LogP contribution in [0.2, 0.25) is 0 Å². The monoisotopic (exact) mass is 559 g/mol. The van der Waals surface area contributed by atoms with Gasteiger partial charge in [0.25, 0.3) is 0 Å². The standard InChI is InChI=1S/C32H33NO8/c1-21(2)31(34)39-18-10-6-5-9-17-38-29-27(36-3)19-23(20-28(29)37-4)32(35)40-24-15-13-22(14-16-24)30-33-25-11-7-8-12-26(25)41-30/h7-8,11-16,19-20H,1,5-6,9-10,17-18H2,2-4H3. The summed E-state index contributed by atoms with van der Waals surface area (Å²) in [5, 5.41) is 0. The first-order chi connectivity index (χ1) is 19.9. The highest BCUT2D eigenvalue weighted by molar-refractivity contribution is 5.92. The van der Waals surface area contributed by atoms with E-state index >= 15 is 0 Å². The fourth-order valence-electron chi connectivity index (χ4n) is 3.99. The third-order valence-corrected chi connectivity index (χ3v) is 6.17. The summed E-state index contributed by atoms with van der Waals surface area (Å²) < 4.78 is 33.4. The molecule has 0 bridgehead atoms. The van der Waals surface area contributed by atoms with Crippen LogP contribution < -0.4 is 18.9 Å². The van der Waals surface area contributed by atoms with Gasteiger partial charge in [0.15, 0.2) is 17.1 Å². The SMILES string of the molecule is C=C(C)C(=O)OCCCCCCOc1c(OC)cc(C(=O)Oc2ccc(-c3nc4ccccc4o3)cc2)cc1OC. The highest BCUT2D eigenvalue weighted by Gasteiger charge is 2.19. The number of esters is 2. The Morgan fingerprint density at radius 2 is 1.54 bits per heavy atom. The Morgan fingerprint density at radius 1 is 0.878 bits per heavy atom. The number of carbonyl (C=O) groups is 2. The van der Waals surface area contributed by atoms with E-state index < -0.39 is 5.97 Å². The van der Waals surface area contributed by atoms with Crippen molar-refractivity contribution in [2.24, 2.45) is 0 Å². The number of rotatable bonds is 14. The number of aromatic nitrogens is 1. The van der Waals surface area contributed by atoms with Crippen LogP contribution in [0.15, 0.2) is 77.2 Å². The molecule has 1 aromatic heterocycles. The molecule has 3 aromatic carbocycles. The van der Waals surface area contributed by atoms with E-state index in [1.165, 1.54) is 14.2 Å². The number of para-hydroxylation sites is 2. The summed E-state index contributed by atoms with van der Waals surface area (Å²) in [6.07, 6.45) is 3.33. The second-order valence-corrected chi connectivity index (χ2v) is 9.29. The van der Waals surface area contributed by atoms with Crippen molar-refractivity contribution < 1.29 is 37.7 Å². The molecule has 0 aliphatic heterocycles. The average molecular weight is 560 g/mol. The van der Waals surface area contributed by atoms with E-state index in [-0.39, 0.29) is 11.5 Å². The fourth-order valence-corrected chi connectivity index (χ4v) is 3.99. The Hall–Kier alpha value is -4.79. The van der Waals surface area contributed by atoms with Crippen molar-refractivity contribution >= 4 is 23.0 Å². The second kappa shape index (κ2) is 14.0. The number of benzene rings is 3. The molecule has 0 radical (unpaired) electrons. The minimum Gasteiger partial charge on any atom is -0.493 e. The van der Waals surface area contributed by atoms with Gasteiger partial charge < -0.3 is 28.1 Å². The third-order valence-electron chi connectivity index (χ3n) is 6.17. The molecule has 0 atom stereocenters. The van der Waals surface area contributed by atoms with Crippen molar-refractivity contribution in [2.75, 3.05) is 27.4 Å². The molecule has 0 saturated heterocycles. The smallest absolute Gasteiger partial charge is 0.343 e. The molecule has 0 spiro atoms. The van der Waals surface area contributed by atoms with Crippen molar-refractivity contribution in [3.8, 4) is 34.5 Å². The zero-order valence-corrected chi connectivity index (χ0v) is 23.4. The average Bonchev–Trinajstić information content (AvgIpc) is 3.42. The quantitative estimate of drug-likeness (QED) is 0.0714. The van der Waals surface area contributed by atoms with Gasteiger partial charge in [-0.15, -0.1) is 0 Å². The first kappa shape index (κ1) is 29.2. The van der Waals surface area contributed by atoms with Crippen molar-refractivity contribution in [1.82, 2.24) is 4.98 Å². The Labute approximate surface area is 238 Å². The van der Waals surface area contributed by atoms with Gasteiger partial charge >= 0.3 is 11.9 Å². The minimum absolute atomic E-state index is 0.249. The molecule has 0 fully saturated rings. The van der Waals surface area contributed by atoms with Gasteiger partial charge in [0.05, 0.1) is 33.0 Å². The maximum atomic E-state index is 13.0. The zero-order valence-electron chi connectivity index (χ0n) is 23.4. The molecule has 0 N–H and O–H groups in total. The molecule has 214 valence electrons. The highest BCUT2D eigenvalue weighted by atomic mass is 16.5. The van der Waals surface area contributed by atoms with Crippen molar-refractivity contribution in [1.29, 1.82) is 0 Å². The van der Waals surface area contributed by atoms with Crippen LogP contribution in [-0.2, 0) is 9.53 Å². The number of hydrogen-bond donors (Lipinski definition) is 0. The Bertz CT molecular complexity index is 1450. The summed E-state index contributed by atoms with van der Waals surface area (Å²) in [5.74, 6) is 1.03. The summed E-state index contributed by atoms with van der Waals surface area (Å²) in [5.41, 5.74) is 2.88. The van der Waals surface area contributed by atoms with Crippen LogP contribution in [0, 0.1) is 0 Å². The lowest BCUT2D eigenvalue weighted by Gasteiger charge is -2.16. The van der Waals surface area contributed by atoms with Crippen molar-refractivity contribution in [3.63, 3.8) is 0 Å². The van der Waals surface area contributed by atoms with Gasteiger partial charge in [0.2, 0.25) is 11.6 Å². The highest BCUT2D eigenvalue weighted by Crippen LogP contribution is 2.39. The van der Waals surface area contributed by atoms with E-state index in [4.69, 9.17) is 28.1 Å². The second-order valence-electron chi connectivity index (χ2n) is 9.29. The van der Waals surface area contributed by atoms with Gasteiger partial charge in [0, 0.05) is 11.1 Å². The van der Waals surface area contributed by atoms with E-state index in [0.29, 0.717) is 53.3 Å². The maximum absolute atomic E-state index is 13.0. The summed E-state index contributed by atoms with van der Waals surface area (Å²) in [6, 6.07) is 17.6. The van der Waals surface area contributed by atoms with Gasteiger partial charge in [-0.25, -0.2) is 14.6 Å². The number of hydrogen-bond acceptors (Lipinski definition) is 9. The molecule has 0 aliphatic rings. The van der Waals surface area contributed by atoms with E-state index in [2.05, 4.69) is 11.6 Å². The number of unbranched alkanes of at least 4 members (excludes halogenated alkanes) is 3. The topological polar surface area (TPSA) is 106 Å². The maximum Gasteiger partial charge on any atom is 0.343 e. The molecule has 0 amide bonds. The Kier molecular flexibility index (Phi) is 9.99. The molecular weight excluding hydrogens is 526 g/mol. The number of carbonyl (C=O) groups excluding carboxylic acids is 2. The van der Waals surface area contributed by atoms with Crippen molar-refractivity contribution in [2.45, 2.75) is 32.6 Å². The zero-order chi connectivity index (χ0) is 29.2. The van der Waals surface area contributed by atoms with Gasteiger partial charge in [0.1, 0.15) is 11.3 Å². The minimum atomic E-state index is -0.574. The summed E-state index contributed by atoms with van der Waals surface area (Å²) in [7, 11) is 2.99. The molecule has 9 nitrogen and oxygen atoms in total. The third kappa shape index (κ3) is 7.66. The van der Waals surface area contributed by atoms with Gasteiger partial charge in [-0.2, -0.15) is 0 Å². The van der Waals surface area contributed by atoms with E-state index in [0.717, 1.165) is 36.8 Å². The first-order valence-electron chi connectivity index (χ1n) is 13.3. The van der Waals surface area contributed by atoms with Crippen LogP contribution in [0.25, 0.3) is 22.6 Å². The van der Waals surface area contributed by atoms with Crippen molar-refractivity contribution in [3.05, 3.63) is 78.4 Å². The number of oxazole rings is 1.